The number of phenols is 1. The highest BCUT2D eigenvalue weighted by molar-refractivity contribution is 6.29. The zero-order valence-corrected chi connectivity index (χ0v) is 26.4. The van der Waals surface area contributed by atoms with Crippen LogP contribution in [0.3, 0.4) is 0 Å². The van der Waals surface area contributed by atoms with Crippen LogP contribution in [0.2, 0.25) is 0 Å². The maximum Gasteiger partial charge on any atom is 0.349 e. The lowest BCUT2D eigenvalue weighted by molar-refractivity contribution is -0.308. The Morgan fingerprint density at radius 2 is 1.91 bits per heavy atom. The van der Waals surface area contributed by atoms with Crippen molar-refractivity contribution in [2.24, 2.45) is 11.3 Å². The summed E-state index contributed by atoms with van der Waals surface area (Å²) >= 11 is 7.62. The molecule has 0 amide bonds. The van der Waals surface area contributed by atoms with E-state index in [1.807, 2.05) is 19.9 Å². The average molecular weight is 643 g/mol. The predicted octanol–water partition coefficient (Wildman–Crippen LogP) is 2.86. The molecule has 0 unspecified atom stereocenters. The lowest BCUT2D eigenvalue weighted by atomic mass is 9.50. The number of carbonyl (C=O) groups excluding carboxylic acids is 2. The number of alkyl halides is 1. The van der Waals surface area contributed by atoms with Crippen molar-refractivity contribution >= 4 is 23.5 Å². The molecule has 1 saturated heterocycles. The Morgan fingerprint density at radius 3 is 2.56 bits per heavy atom. The molecule has 4 N–H and O–H groups in total. The fourth-order valence-corrected chi connectivity index (χ4v) is 9.02. The number of esters is 2. The van der Waals surface area contributed by atoms with Gasteiger partial charge < -0.3 is 44.1 Å². The van der Waals surface area contributed by atoms with Crippen molar-refractivity contribution in [3.05, 3.63) is 69.5 Å². The molecule has 9 atom stereocenters. The van der Waals surface area contributed by atoms with Crippen molar-refractivity contribution < 1.29 is 53.7 Å². The van der Waals surface area contributed by atoms with E-state index >= 15 is 0 Å². The number of phenolic OH excluding ortho intramolecular Hbond substituents is 1. The molecule has 5 aliphatic carbocycles. The van der Waals surface area contributed by atoms with E-state index in [0.29, 0.717) is 5.56 Å². The zero-order chi connectivity index (χ0) is 32.6. The largest absolute Gasteiger partial charge is 0.507 e. The first-order chi connectivity index (χ1) is 21.1. The van der Waals surface area contributed by atoms with Gasteiger partial charge in [0.25, 0.3) is 5.79 Å². The number of hydrogen-bond acceptors (Lipinski definition) is 11. The predicted molar refractivity (Wildman–Crippen MR) is 157 cm³/mol. The summed E-state index contributed by atoms with van der Waals surface area (Å²) in [6.45, 7) is 7.26. The van der Waals surface area contributed by atoms with Gasteiger partial charge in [-0.1, -0.05) is 24.6 Å². The van der Waals surface area contributed by atoms with Crippen molar-refractivity contribution in [3.63, 3.8) is 0 Å². The van der Waals surface area contributed by atoms with Crippen LogP contribution in [0.4, 0.5) is 0 Å². The average Bonchev–Trinajstić information content (AvgIpc) is 3.70. The maximum atomic E-state index is 13.8. The van der Waals surface area contributed by atoms with Crippen LogP contribution in [0.15, 0.2) is 58.4 Å². The Hall–Kier alpha value is -3.35. The van der Waals surface area contributed by atoms with Crippen LogP contribution >= 0.6 is 11.6 Å². The molecule has 1 saturated carbocycles. The van der Waals surface area contributed by atoms with Crippen LogP contribution in [0, 0.1) is 18.3 Å². The number of epoxide rings is 1. The van der Waals surface area contributed by atoms with Crippen molar-refractivity contribution in [2.75, 3.05) is 14.2 Å². The quantitative estimate of drug-likeness (QED) is 0.162. The second kappa shape index (κ2) is 9.13. The van der Waals surface area contributed by atoms with Gasteiger partial charge in [-0.15, -0.1) is 11.6 Å². The second-order valence-corrected chi connectivity index (χ2v) is 13.9. The third kappa shape index (κ3) is 3.35. The highest BCUT2D eigenvalue weighted by atomic mass is 35.5. The van der Waals surface area contributed by atoms with Crippen molar-refractivity contribution in [3.8, 4) is 11.5 Å². The van der Waals surface area contributed by atoms with Crippen LogP contribution in [-0.4, -0.2) is 86.8 Å². The number of aliphatic hydroxyl groups is 3. The van der Waals surface area contributed by atoms with Crippen LogP contribution in [0.25, 0.3) is 0 Å². The van der Waals surface area contributed by atoms with Gasteiger partial charge in [0.15, 0.2) is 10.5 Å². The monoisotopic (exact) mass is 642 g/mol. The molecule has 2 heterocycles. The minimum Gasteiger partial charge on any atom is -0.507 e. The molecule has 0 aromatic heterocycles. The van der Waals surface area contributed by atoms with Gasteiger partial charge in [-0.3, -0.25) is 0 Å². The van der Waals surface area contributed by atoms with E-state index in [0.717, 1.165) is 5.57 Å². The van der Waals surface area contributed by atoms with Crippen LogP contribution in [0.1, 0.15) is 49.5 Å². The molecule has 4 bridgehead atoms. The molecule has 45 heavy (non-hydrogen) atoms. The summed E-state index contributed by atoms with van der Waals surface area (Å²) in [5, 5.41) is 47.1. The first kappa shape index (κ1) is 30.3. The molecule has 1 aromatic rings. The summed E-state index contributed by atoms with van der Waals surface area (Å²) in [6.07, 6.45) is 2.11. The summed E-state index contributed by atoms with van der Waals surface area (Å²) in [4.78, 5) is 25.2. The maximum absolute atomic E-state index is 13.8. The summed E-state index contributed by atoms with van der Waals surface area (Å²) in [6, 6.07) is 2.88. The lowest BCUT2D eigenvalue weighted by Crippen LogP contribution is -2.81. The number of aromatic hydroxyl groups is 1. The van der Waals surface area contributed by atoms with E-state index in [2.05, 4.69) is 0 Å². The minimum absolute atomic E-state index is 0.0218. The summed E-state index contributed by atoms with van der Waals surface area (Å²) in [5.74, 6) is -6.03. The van der Waals surface area contributed by atoms with E-state index in [1.165, 1.54) is 32.4 Å². The number of fused-ring (bicyclic) bond motifs is 2. The van der Waals surface area contributed by atoms with Gasteiger partial charge in [0.05, 0.1) is 25.7 Å². The molecular formula is C33H35ClO11. The number of methoxy groups -OCH3 is 2. The summed E-state index contributed by atoms with van der Waals surface area (Å²) < 4.78 is 29.5. The number of allylic oxidation sites excluding steroid dienone is 2. The second-order valence-electron chi connectivity index (χ2n) is 13.3. The first-order valence-electron chi connectivity index (χ1n) is 14.7. The molecule has 1 spiro atoms. The fourth-order valence-electron chi connectivity index (χ4n) is 8.47. The number of rotatable bonds is 5. The van der Waals surface area contributed by atoms with Gasteiger partial charge in [0, 0.05) is 11.8 Å². The lowest BCUT2D eigenvalue weighted by Gasteiger charge is -2.65. The van der Waals surface area contributed by atoms with Crippen LogP contribution < -0.4 is 4.74 Å². The first-order valence-corrected chi connectivity index (χ1v) is 15.1. The van der Waals surface area contributed by atoms with Gasteiger partial charge in [-0.25, -0.2) is 9.59 Å². The van der Waals surface area contributed by atoms with Gasteiger partial charge in [-0.2, -0.15) is 0 Å². The smallest absolute Gasteiger partial charge is 0.349 e. The number of aliphatic hydroxyl groups excluding tert-OH is 2. The molecule has 1 aromatic carbocycles. The highest BCUT2D eigenvalue weighted by Crippen LogP contribution is 2.76. The Bertz CT molecular complexity index is 1710. The van der Waals surface area contributed by atoms with E-state index in [-0.39, 0.29) is 46.6 Å². The number of aryl methyl sites for hydroxylation is 1. The normalized spacial score (nSPS) is 41.8. The van der Waals surface area contributed by atoms with E-state index < -0.39 is 69.2 Å². The number of ether oxygens (including phenoxy) is 5. The molecule has 11 nitrogen and oxygen atoms in total. The molecule has 8 rings (SSSR count). The minimum atomic E-state index is -2.53. The highest BCUT2D eigenvalue weighted by Gasteiger charge is 2.89. The third-order valence-corrected chi connectivity index (χ3v) is 11.4. The Balaban J connectivity index is 1.50. The van der Waals surface area contributed by atoms with Crippen molar-refractivity contribution in [1.82, 2.24) is 0 Å². The summed E-state index contributed by atoms with van der Waals surface area (Å²) in [7, 11) is 2.49. The zero-order valence-electron chi connectivity index (χ0n) is 25.6. The Kier molecular flexibility index (Phi) is 6.15. The molecule has 2 aliphatic heterocycles. The Labute approximate surface area is 264 Å². The van der Waals surface area contributed by atoms with E-state index in [1.54, 1.807) is 19.9 Å². The fraction of sp³-hybridized carbons (Fsp3) is 0.515. The molecule has 240 valence electrons. The van der Waals surface area contributed by atoms with Gasteiger partial charge in [-0.05, 0) is 62.1 Å². The van der Waals surface area contributed by atoms with E-state index in [9.17, 15) is 30.0 Å². The van der Waals surface area contributed by atoms with Crippen LogP contribution in [-0.2, 0) is 23.7 Å². The van der Waals surface area contributed by atoms with Crippen molar-refractivity contribution in [2.45, 2.75) is 80.7 Å². The van der Waals surface area contributed by atoms with Gasteiger partial charge in [0.2, 0.25) is 0 Å². The number of carbonyl (C=O) groups is 2. The molecule has 7 aliphatic rings. The number of hydrogen-bond donors (Lipinski definition) is 4. The number of benzene rings is 1. The molecular weight excluding hydrogens is 608 g/mol. The molecule has 0 radical (unpaired) electrons. The Morgan fingerprint density at radius 1 is 1.20 bits per heavy atom. The van der Waals surface area contributed by atoms with Crippen molar-refractivity contribution in [1.29, 1.82) is 0 Å². The standard InChI is InChI=1S/C33H35ClO11/c1-14(2)7-8-30-24(37)16(11-20(36)25(30)44-30)17-12-29(4)13-18-22(27(38)42-6)26(41-5)31(29,34)32(17,40)33(18)43-21-10-15(3)9-19(35)23(21)28(39)45-33/h7,9-12,18,20,24-25,35-37,40H,8,13H2,1-6H3/t18-,20-,24+,25-,29+,30+,31+,32-,33+/m0/s1. The van der Waals surface area contributed by atoms with Gasteiger partial charge in [0.1, 0.15) is 46.7 Å². The number of halogens is 1. The van der Waals surface area contributed by atoms with Crippen LogP contribution in [0.5, 0.6) is 11.5 Å². The van der Waals surface area contributed by atoms with E-state index in [4.69, 9.17) is 35.3 Å². The molecule has 12 heteroatoms. The van der Waals surface area contributed by atoms with Gasteiger partial charge >= 0.3 is 11.9 Å². The third-order valence-electron chi connectivity index (χ3n) is 10.5. The summed E-state index contributed by atoms with van der Waals surface area (Å²) in [5.41, 5.74) is -3.53. The topological polar surface area (TPSA) is 165 Å². The SMILES string of the molecule is COC(=O)C1=C(OC)[C@]2(Cl)[C@@]3(O)C(C4=C[C@H](O)[C@@H]5O[C@]5(CC=C(C)C)[C@@H]4O)=C[C@]2(C)C[C@@H]1[C@@]31OC(=O)c2c(O)cc(C)cc2O1. The molecule has 2 fully saturated rings.